The zero-order valence-corrected chi connectivity index (χ0v) is 15.0. The summed E-state index contributed by atoms with van der Waals surface area (Å²) >= 11 is 0. The topological polar surface area (TPSA) is 63.5 Å². The van der Waals surface area contributed by atoms with E-state index in [0.29, 0.717) is 12.1 Å². The Bertz CT molecular complexity index is 909. The fraction of sp³-hybridized carbons (Fsp3) is 0.136. The third-order valence-electron chi connectivity index (χ3n) is 4.53. The van der Waals surface area contributed by atoms with Gasteiger partial charge < -0.3 is 4.90 Å². The van der Waals surface area contributed by atoms with Crippen LogP contribution in [0, 0.1) is 10.1 Å². The minimum Gasteiger partial charge on any atom is -0.328 e. The number of amides is 1. The number of nitro benzene ring substituents is 1. The maximum atomic E-state index is 13.2. The van der Waals surface area contributed by atoms with Gasteiger partial charge in [-0.2, -0.15) is 0 Å². The molecule has 5 nitrogen and oxygen atoms in total. The van der Waals surface area contributed by atoms with Crippen molar-refractivity contribution in [2.45, 2.75) is 19.5 Å². The maximum Gasteiger partial charge on any atom is 0.269 e. The van der Waals surface area contributed by atoms with Crippen molar-refractivity contribution >= 4 is 11.6 Å². The summed E-state index contributed by atoms with van der Waals surface area (Å²) < 4.78 is 0. The third kappa shape index (κ3) is 4.39. The van der Waals surface area contributed by atoms with Gasteiger partial charge in [-0.25, -0.2) is 0 Å². The maximum absolute atomic E-state index is 13.2. The Morgan fingerprint density at radius 2 is 1.48 bits per heavy atom. The lowest BCUT2D eigenvalue weighted by molar-refractivity contribution is -0.384. The standard InChI is InChI=1S/C22H20N2O3/c1-17(19-10-6-3-7-11-19)23(16-18-8-4-2-5-9-18)22(25)20-12-14-21(15-13-20)24(26)27/h2-15,17H,16H2,1H3. The quantitative estimate of drug-likeness (QED) is 0.459. The first-order valence-electron chi connectivity index (χ1n) is 8.70. The molecule has 0 bridgehead atoms. The third-order valence-corrected chi connectivity index (χ3v) is 4.53. The fourth-order valence-electron chi connectivity index (χ4n) is 2.97. The zero-order valence-electron chi connectivity index (χ0n) is 15.0. The Labute approximate surface area is 158 Å². The van der Waals surface area contributed by atoms with Crippen LogP contribution in [0.1, 0.15) is 34.5 Å². The molecular formula is C22H20N2O3. The monoisotopic (exact) mass is 360 g/mol. The van der Waals surface area contributed by atoms with Crippen molar-refractivity contribution in [1.82, 2.24) is 4.90 Å². The number of hydrogen-bond donors (Lipinski definition) is 0. The average molecular weight is 360 g/mol. The summed E-state index contributed by atoms with van der Waals surface area (Å²) in [6, 6.07) is 25.2. The Hall–Kier alpha value is -3.47. The number of hydrogen-bond acceptors (Lipinski definition) is 3. The Balaban J connectivity index is 1.92. The first-order chi connectivity index (χ1) is 13.1. The molecule has 1 unspecified atom stereocenters. The van der Waals surface area contributed by atoms with Gasteiger partial charge in [-0.05, 0) is 30.2 Å². The molecule has 27 heavy (non-hydrogen) atoms. The van der Waals surface area contributed by atoms with Crippen LogP contribution >= 0.6 is 0 Å². The Morgan fingerprint density at radius 1 is 0.926 bits per heavy atom. The second-order valence-electron chi connectivity index (χ2n) is 6.31. The molecule has 0 spiro atoms. The number of carbonyl (C=O) groups is 1. The molecule has 0 aliphatic carbocycles. The summed E-state index contributed by atoms with van der Waals surface area (Å²) in [4.78, 5) is 25.4. The van der Waals surface area contributed by atoms with E-state index in [2.05, 4.69) is 0 Å². The van der Waals surface area contributed by atoms with Crippen LogP contribution in [0.25, 0.3) is 0 Å². The van der Waals surface area contributed by atoms with E-state index in [1.54, 1.807) is 4.90 Å². The van der Waals surface area contributed by atoms with E-state index >= 15 is 0 Å². The van der Waals surface area contributed by atoms with Crippen LogP contribution in [-0.2, 0) is 6.54 Å². The van der Waals surface area contributed by atoms with Crippen molar-refractivity contribution in [3.63, 3.8) is 0 Å². The van der Waals surface area contributed by atoms with E-state index in [-0.39, 0.29) is 17.6 Å². The van der Waals surface area contributed by atoms with Gasteiger partial charge in [0.2, 0.25) is 0 Å². The van der Waals surface area contributed by atoms with E-state index < -0.39 is 4.92 Å². The smallest absolute Gasteiger partial charge is 0.269 e. The molecule has 3 aromatic carbocycles. The summed E-state index contributed by atoms with van der Waals surface area (Å²) in [6.07, 6.45) is 0. The predicted molar refractivity (Wildman–Crippen MR) is 104 cm³/mol. The minimum atomic E-state index is -0.470. The molecule has 0 radical (unpaired) electrons. The van der Waals surface area contributed by atoms with Crippen LogP contribution < -0.4 is 0 Å². The van der Waals surface area contributed by atoms with Gasteiger partial charge in [-0.3, -0.25) is 14.9 Å². The number of nitro groups is 1. The highest BCUT2D eigenvalue weighted by Gasteiger charge is 2.23. The molecular weight excluding hydrogens is 340 g/mol. The molecule has 0 N–H and O–H groups in total. The zero-order chi connectivity index (χ0) is 19.2. The molecule has 5 heteroatoms. The molecule has 0 aromatic heterocycles. The Morgan fingerprint density at radius 3 is 2.04 bits per heavy atom. The summed E-state index contributed by atoms with van der Waals surface area (Å²) in [5, 5.41) is 10.9. The molecule has 0 heterocycles. The van der Waals surface area contributed by atoms with Crippen LogP contribution in [0.3, 0.4) is 0 Å². The van der Waals surface area contributed by atoms with Gasteiger partial charge in [-0.1, -0.05) is 60.7 Å². The summed E-state index contributed by atoms with van der Waals surface area (Å²) in [5.74, 6) is -0.162. The lowest BCUT2D eigenvalue weighted by Gasteiger charge is -2.30. The van der Waals surface area contributed by atoms with E-state index in [0.717, 1.165) is 11.1 Å². The van der Waals surface area contributed by atoms with Crippen LogP contribution in [-0.4, -0.2) is 15.7 Å². The second kappa shape index (κ2) is 8.27. The first kappa shape index (κ1) is 18.3. The predicted octanol–water partition coefficient (Wildman–Crippen LogP) is 5.00. The van der Waals surface area contributed by atoms with Crippen LogP contribution in [0.2, 0.25) is 0 Å². The largest absolute Gasteiger partial charge is 0.328 e. The summed E-state index contributed by atoms with van der Waals surface area (Å²) in [7, 11) is 0. The first-order valence-corrected chi connectivity index (χ1v) is 8.70. The average Bonchev–Trinajstić information content (AvgIpc) is 2.72. The van der Waals surface area contributed by atoms with Crippen molar-refractivity contribution in [2.75, 3.05) is 0 Å². The van der Waals surface area contributed by atoms with Crippen LogP contribution in [0.5, 0.6) is 0 Å². The summed E-state index contributed by atoms with van der Waals surface area (Å²) in [5.41, 5.74) is 2.45. The lowest BCUT2D eigenvalue weighted by Crippen LogP contribution is -2.33. The van der Waals surface area contributed by atoms with Gasteiger partial charge in [0.25, 0.3) is 11.6 Å². The van der Waals surface area contributed by atoms with E-state index in [4.69, 9.17) is 0 Å². The van der Waals surface area contributed by atoms with Gasteiger partial charge in [-0.15, -0.1) is 0 Å². The number of benzene rings is 3. The highest BCUT2D eigenvalue weighted by atomic mass is 16.6. The van der Waals surface area contributed by atoms with Crippen molar-refractivity contribution in [3.05, 3.63) is 112 Å². The summed E-state index contributed by atoms with van der Waals surface area (Å²) in [6.45, 7) is 2.44. The molecule has 1 atom stereocenters. The van der Waals surface area contributed by atoms with Crippen molar-refractivity contribution < 1.29 is 9.72 Å². The van der Waals surface area contributed by atoms with Crippen molar-refractivity contribution in [1.29, 1.82) is 0 Å². The van der Waals surface area contributed by atoms with Gasteiger partial charge >= 0.3 is 0 Å². The molecule has 0 fully saturated rings. The van der Waals surface area contributed by atoms with Gasteiger partial charge in [0.1, 0.15) is 0 Å². The van der Waals surface area contributed by atoms with Gasteiger partial charge in [0, 0.05) is 24.2 Å². The number of non-ortho nitro benzene ring substituents is 1. The minimum absolute atomic E-state index is 0.0303. The molecule has 1 amide bonds. The van der Waals surface area contributed by atoms with Crippen molar-refractivity contribution in [3.8, 4) is 0 Å². The number of rotatable bonds is 6. The second-order valence-corrected chi connectivity index (χ2v) is 6.31. The fourth-order valence-corrected chi connectivity index (χ4v) is 2.97. The molecule has 3 rings (SSSR count). The van der Waals surface area contributed by atoms with Gasteiger partial charge in [0.05, 0.1) is 11.0 Å². The molecule has 0 aliphatic heterocycles. The molecule has 0 saturated heterocycles. The normalized spacial score (nSPS) is 11.6. The van der Waals surface area contributed by atoms with Crippen LogP contribution in [0.4, 0.5) is 5.69 Å². The Kier molecular flexibility index (Phi) is 5.61. The molecule has 3 aromatic rings. The highest BCUT2D eigenvalue weighted by Crippen LogP contribution is 2.25. The highest BCUT2D eigenvalue weighted by molar-refractivity contribution is 5.94. The van der Waals surface area contributed by atoms with Crippen molar-refractivity contribution in [2.24, 2.45) is 0 Å². The van der Waals surface area contributed by atoms with E-state index in [9.17, 15) is 14.9 Å². The number of nitrogens with zero attached hydrogens (tertiary/aromatic N) is 2. The van der Waals surface area contributed by atoms with E-state index in [1.165, 1.54) is 24.3 Å². The van der Waals surface area contributed by atoms with Gasteiger partial charge in [0.15, 0.2) is 0 Å². The number of carbonyl (C=O) groups excluding carboxylic acids is 1. The SMILES string of the molecule is CC(c1ccccc1)N(Cc1ccccc1)C(=O)c1ccc([N+](=O)[O-])cc1. The molecule has 0 aliphatic rings. The van der Waals surface area contributed by atoms with E-state index in [1.807, 2.05) is 67.6 Å². The lowest BCUT2D eigenvalue weighted by atomic mass is 10.0. The van der Waals surface area contributed by atoms with Crippen LogP contribution in [0.15, 0.2) is 84.9 Å². The molecule has 136 valence electrons. The molecule has 0 saturated carbocycles.